The van der Waals surface area contributed by atoms with Crippen molar-refractivity contribution in [2.75, 3.05) is 17.6 Å². The molecule has 0 aliphatic heterocycles. The number of hydrogen-bond donors (Lipinski definition) is 3. The third-order valence-corrected chi connectivity index (χ3v) is 5.29. The first-order chi connectivity index (χ1) is 17.0. The highest BCUT2D eigenvalue weighted by molar-refractivity contribution is 6.30. The smallest absolute Gasteiger partial charge is 0.244 e. The highest BCUT2D eigenvalue weighted by Crippen LogP contribution is 2.21. The second-order valence-corrected chi connectivity index (χ2v) is 7.90. The van der Waals surface area contributed by atoms with Crippen molar-refractivity contribution in [2.45, 2.75) is 5.92 Å². The maximum Gasteiger partial charge on any atom is 0.244 e. The zero-order valence-corrected chi connectivity index (χ0v) is 19.1. The van der Waals surface area contributed by atoms with Gasteiger partial charge in [0.15, 0.2) is 0 Å². The third kappa shape index (κ3) is 6.27. The van der Waals surface area contributed by atoms with Crippen LogP contribution in [-0.2, 0) is 9.59 Å². The van der Waals surface area contributed by atoms with Gasteiger partial charge >= 0.3 is 0 Å². The summed E-state index contributed by atoms with van der Waals surface area (Å²) in [7, 11) is 0. The monoisotopic (exact) mass is 488 g/mol. The summed E-state index contributed by atoms with van der Waals surface area (Å²) >= 11 is 6.12. The summed E-state index contributed by atoms with van der Waals surface area (Å²) in [5, 5.41) is 17.3. The molecule has 2 aromatic heterocycles. The van der Waals surface area contributed by atoms with E-state index in [1.54, 1.807) is 36.4 Å². The molecule has 2 heterocycles. The van der Waals surface area contributed by atoms with Crippen molar-refractivity contribution in [3.8, 4) is 5.69 Å². The fourth-order valence-electron chi connectivity index (χ4n) is 3.32. The molecule has 11 heteroatoms. The first-order valence-electron chi connectivity index (χ1n) is 10.6. The van der Waals surface area contributed by atoms with Gasteiger partial charge in [0, 0.05) is 23.2 Å². The lowest BCUT2D eigenvalue weighted by Crippen LogP contribution is -2.33. The van der Waals surface area contributed by atoms with Gasteiger partial charge in [0.25, 0.3) is 0 Å². The first kappa shape index (κ1) is 23.6. The van der Waals surface area contributed by atoms with Gasteiger partial charge in [-0.15, -0.1) is 5.10 Å². The van der Waals surface area contributed by atoms with Crippen molar-refractivity contribution < 1.29 is 9.59 Å². The van der Waals surface area contributed by atoms with Crippen LogP contribution in [0.5, 0.6) is 0 Å². The Labute approximate surface area is 205 Å². The van der Waals surface area contributed by atoms with Gasteiger partial charge in [-0.2, -0.15) is 4.68 Å². The Bertz CT molecular complexity index is 1330. The molecule has 4 aromatic rings. The van der Waals surface area contributed by atoms with E-state index in [1.165, 1.54) is 23.3 Å². The fraction of sp³-hybridized carbons (Fsp3) is 0.0833. The molecule has 0 aliphatic carbocycles. The quantitative estimate of drug-likeness (QED) is 0.324. The number of nitrogens with zero attached hydrogens (tertiary/aromatic N) is 5. The molecule has 10 nitrogen and oxygen atoms in total. The largest absolute Gasteiger partial charge is 0.384 e. The molecule has 0 saturated carbocycles. The van der Waals surface area contributed by atoms with Crippen LogP contribution in [0.3, 0.4) is 0 Å². The Kier molecular flexibility index (Phi) is 7.44. The van der Waals surface area contributed by atoms with Crippen molar-refractivity contribution in [1.82, 2.24) is 30.5 Å². The zero-order valence-electron chi connectivity index (χ0n) is 18.4. The molecule has 176 valence electrons. The van der Waals surface area contributed by atoms with E-state index in [0.717, 1.165) is 5.56 Å². The van der Waals surface area contributed by atoms with Gasteiger partial charge in [0.05, 0.1) is 23.5 Å². The standard InChI is InChI=1S/C24H21ClN8O2/c25-18-7-9-21(33-15-29-31-32-33)17(12-18)6-11-23(34)28-14-20(16-4-2-1-3-5-16)24(35)30-19-8-10-22(26)27-13-19/h1-13,15,20H,14H2,(H2,26,27)(H,28,34)(H,30,35)/b11-6+/t20-/m0/s1. The Morgan fingerprint density at radius 2 is 1.94 bits per heavy atom. The number of hydrogen-bond acceptors (Lipinski definition) is 7. The van der Waals surface area contributed by atoms with Gasteiger partial charge in [-0.3, -0.25) is 9.59 Å². The van der Waals surface area contributed by atoms with E-state index < -0.39 is 5.92 Å². The lowest BCUT2D eigenvalue weighted by Gasteiger charge is -2.17. The van der Waals surface area contributed by atoms with Gasteiger partial charge in [0.2, 0.25) is 11.8 Å². The maximum atomic E-state index is 13.0. The number of aromatic nitrogens is 5. The lowest BCUT2D eigenvalue weighted by molar-refractivity contribution is -0.118. The number of rotatable bonds is 8. The average molecular weight is 489 g/mol. The Morgan fingerprint density at radius 1 is 1.11 bits per heavy atom. The van der Waals surface area contributed by atoms with Gasteiger partial charge in [0.1, 0.15) is 12.1 Å². The molecule has 0 spiro atoms. The second kappa shape index (κ2) is 11.0. The second-order valence-electron chi connectivity index (χ2n) is 7.46. The molecule has 0 aliphatic rings. The number of carbonyl (C=O) groups excluding carboxylic acids is 2. The topological polar surface area (TPSA) is 141 Å². The Balaban J connectivity index is 1.47. The lowest BCUT2D eigenvalue weighted by atomic mass is 9.98. The average Bonchev–Trinajstić information content (AvgIpc) is 3.40. The third-order valence-electron chi connectivity index (χ3n) is 5.05. The van der Waals surface area contributed by atoms with Gasteiger partial charge < -0.3 is 16.4 Å². The summed E-state index contributed by atoms with van der Waals surface area (Å²) in [5.41, 5.74) is 8.17. The van der Waals surface area contributed by atoms with Crippen molar-refractivity contribution in [1.29, 1.82) is 0 Å². The van der Waals surface area contributed by atoms with Crippen LogP contribution in [-0.4, -0.2) is 43.6 Å². The number of pyridine rings is 1. The molecule has 2 amide bonds. The van der Waals surface area contributed by atoms with E-state index in [-0.39, 0.29) is 18.4 Å². The highest BCUT2D eigenvalue weighted by atomic mass is 35.5. The molecule has 4 rings (SSSR count). The molecule has 0 bridgehead atoms. The minimum absolute atomic E-state index is 0.0802. The molecule has 0 radical (unpaired) electrons. The highest BCUT2D eigenvalue weighted by Gasteiger charge is 2.21. The minimum Gasteiger partial charge on any atom is -0.384 e. The van der Waals surface area contributed by atoms with Gasteiger partial charge in [-0.1, -0.05) is 41.9 Å². The number of benzene rings is 2. The summed E-state index contributed by atoms with van der Waals surface area (Å²) in [4.78, 5) is 29.6. The number of nitrogens with two attached hydrogens (primary N) is 1. The number of halogens is 1. The van der Waals surface area contributed by atoms with Crippen LogP contribution in [0.15, 0.2) is 79.3 Å². The van der Waals surface area contributed by atoms with E-state index in [1.807, 2.05) is 30.3 Å². The van der Waals surface area contributed by atoms with E-state index >= 15 is 0 Å². The SMILES string of the molecule is Nc1ccc(NC(=O)[C@@H](CNC(=O)/C=C/c2cc(Cl)ccc2-n2cnnn2)c2ccccc2)cn1. The van der Waals surface area contributed by atoms with Crippen molar-refractivity contribution >= 4 is 41.0 Å². The molecule has 0 saturated heterocycles. The van der Waals surface area contributed by atoms with Crippen molar-refractivity contribution in [3.05, 3.63) is 95.4 Å². The number of nitrogens with one attached hydrogen (secondary N) is 2. The Morgan fingerprint density at radius 3 is 2.66 bits per heavy atom. The zero-order chi connectivity index (χ0) is 24.6. The number of tetrazole rings is 1. The summed E-state index contributed by atoms with van der Waals surface area (Å²) in [6.45, 7) is 0.0802. The van der Waals surface area contributed by atoms with Gasteiger partial charge in [-0.25, -0.2) is 4.98 Å². The predicted octanol–water partition coefficient (Wildman–Crippen LogP) is 2.84. The fourth-order valence-corrected chi connectivity index (χ4v) is 3.50. The minimum atomic E-state index is -0.631. The number of amides is 2. The van der Waals surface area contributed by atoms with E-state index in [2.05, 4.69) is 31.1 Å². The van der Waals surface area contributed by atoms with Crippen LogP contribution >= 0.6 is 11.6 Å². The maximum absolute atomic E-state index is 13.0. The van der Waals surface area contributed by atoms with Gasteiger partial charge in [-0.05, 0) is 52.4 Å². The van der Waals surface area contributed by atoms with Crippen LogP contribution in [0, 0.1) is 0 Å². The predicted molar refractivity (Wildman–Crippen MR) is 133 cm³/mol. The van der Waals surface area contributed by atoms with E-state index in [9.17, 15) is 9.59 Å². The molecular formula is C24H21ClN8O2. The van der Waals surface area contributed by atoms with Crippen LogP contribution in [0.1, 0.15) is 17.0 Å². The molecule has 4 N–H and O–H groups in total. The Hall–Kier alpha value is -4.57. The molecule has 0 fully saturated rings. The van der Waals surface area contributed by atoms with Crippen molar-refractivity contribution in [3.63, 3.8) is 0 Å². The number of anilines is 2. The van der Waals surface area contributed by atoms with Crippen LogP contribution < -0.4 is 16.4 Å². The summed E-state index contributed by atoms with van der Waals surface area (Å²) in [6, 6.07) is 17.6. The van der Waals surface area contributed by atoms with Crippen LogP contribution in [0.4, 0.5) is 11.5 Å². The first-order valence-corrected chi connectivity index (χ1v) is 10.9. The normalized spacial score (nSPS) is 11.8. The molecule has 35 heavy (non-hydrogen) atoms. The molecule has 1 atom stereocenters. The van der Waals surface area contributed by atoms with Crippen molar-refractivity contribution in [2.24, 2.45) is 0 Å². The summed E-state index contributed by atoms with van der Waals surface area (Å²) in [5.74, 6) is -0.947. The number of carbonyl (C=O) groups is 2. The summed E-state index contributed by atoms with van der Waals surface area (Å²) < 4.78 is 1.47. The van der Waals surface area contributed by atoms with Crippen LogP contribution in [0.25, 0.3) is 11.8 Å². The molecular weight excluding hydrogens is 468 g/mol. The van der Waals surface area contributed by atoms with Crippen LogP contribution in [0.2, 0.25) is 5.02 Å². The molecule has 2 aromatic carbocycles. The van der Waals surface area contributed by atoms with E-state index in [4.69, 9.17) is 17.3 Å². The summed E-state index contributed by atoms with van der Waals surface area (Å²) in [6.07, 6.45) is 5.89. The number of nitrogen functional groups attached to an aromatic ring is 1. The molecule has 0 unspecified atom stereocenters. The van der Waals surface area contributed by atoms with E-state index in [0.29, 0.717) is 27.8 Å².